The van der Waals surface area contributed by atoms with Crippen LogP contribution in [0.1, 0.15) is 52.7 Å². The van der Waals surface area contributed by atoms with E-state index in [9.17, 15) is 9.59 Å². The first-order valence-electron chi connectivity index (χ1n) is 10.0. The number of primary amides is 1. The first-order valence-corrected chi connectivity index (χ1v) is 10.8. The van der Waals surface area contributed by atoms with E-state index in [0.29, 0.717) is 42.0 Å². The van der Waals surface area contributed by atoms with Gasteiger partial charge in [-0.1, -0.05) is 12.1 Å². The number of nitrogens with zero attached hydrogens (tertiary/aromatic N) is 2. The third kappa shape index (κ3) is 8.61. The number of nitrogens with two attached hydrogens (primary N) is 1. The molecule has 4 N–H and O–H groups in total. The van der Waals surface area contributed by atoms with Crippen molar-refractivity contribution in [3.63, 3.8) is 0 Å². The van der Waals surface area contributed by atoms with E-state index in [1.165, 1.54) is 11.3 Å². The number of ether oxygens (including phenoxy) is 2. The standard InChI is InChI=1S/C21H29N5O4S.HI/c1-5-23-21(24-11-15-8-7-9-16(10-15)30-12-17(22)27)26-14(4)19-25-13(3)18(31-19)20(28)29-6-2;/h7-10,14H,5-6,11-12H2,1-4H3,(H2,22,27)(H2,23,24,26);1H. The van der Waals surface area contributed by atoms with E-state index >= 15 is 0 Å². The first kappa shape index (κ1) is 27.6. The number of amides is 1. The SMILES string of the molecule is CCNC(=NCc1cccc(OCC(N)=O)c1)NC(C)c1nc(C)c(C(=O)OCC)s1.I. The number of rotatable bonds is 10. The molecule has 0 aliphatic heterocycles. The Morgan fingerprint density at radius 1 is 1.31 bits per heavy atom. The molecule has 0 spiro atoms. The molecule has 1 aromatic carbocycles. The van der Waals surface area contributed by atoms with E-state index in [4.69, 9.17) is 15.2 Å². The molecule has 2 aromatic rings. The number of esters is 1. The lowest BCUT2D eigenvalue weighted by molar-refractivity contribution is -0.119. The zero-order valence-electron chi connectivity index (χ0n) is 18.6. The Hall–Kier alpha value is -2.41. The number of benzene rings is 1. The molecule has 1 heterocycles. The molecule has 0 saturated carbocycles. The molecule has 9 nitrogen and oxygen atoms in total. The van der Waals surface area contributed by atoms with Gasteiger partial charge < -0.3 is 25.8 Å². The second kappa shape index (κ2) is 13.9. The Labute approximate surface area is 209 Å². The van der Waals surface area contributed by atoms with Gasteiger partial charge in [0, 0.05) is 6.54 Å². The predicted octanol–water partition coefficient (Wildman–Crippen LogP) is 2.93. The summed E-state index contributed by atoms with van der Waals surface area (Å²) in [6.45, 7) is 8.75. The molecule has 32 heavy (non-hydrogen) atoms. The van der Waals surface area contributed by atoms with E-state index in [-0.39, 0.29) is 42.6 Å². The van der Waals surface area contributed by atoms with Crippen molar-refractivity contribution in [1.82, 2.24) is 15.6 Å². The Balaban J connectivity index is 0.00000512. The van der Waals surface area contributed by atoms with Crippen LogP contribution >= 0.6 is 35.3 Å². The second-order valence-corrected chi connectivity index (χ2v) is 7.68. The lowest BCUT2D eigenvalue weighted by Crippen LogP contribution is -2.38. The molecule has 176 valence electrons. The number of thiazole rings is 1. The number of hydrogen-bond acceptors (Lipinski definition) is 7. The highest BCUT2D eigenvalue weighted by atomic mass is 127. The number of aliphatic imine (C=N–C) groups is 1. The normalized spacial score (nSPS) is 11.8. The second-order valence-electron chi connectivity index (χ2n) is 6.65. The highest BCUT2D eigenvalue weighted by Crippen LogP contribution is 2.24. The Kier molecular flexibility index (Phi) is 12.0. The van der Waals surface area contributed by atoms with Crippen LogP contribution in [0.5, 0.6) is 5.75 Å². The van der Waals surface area contributed by atoms with Crippen LogP contribution in [0.2, 0.25) is 0 Å². The zero-order chi connectivity index (χ0) is 22.8. The molecular formula is C21H30IN5O4S. The van der Waals surface area contributed by atoms with E-state index in [1.807, 2.05) is 32.0 Å². The van der Waals surface area contributed by atoms with Crippen molar-refractivity contribution in [2.24, 2.45) is 10.7 Å². The number of carbonyl (C=O) groups excluding carboxylic acids is 2. The van der Waals surface area contributed by atoms with E-state index in [0.717, 1.165) is 10.6 Å². The molecule has 1 atom stereocenters. The summed E-state index contributed by atoms with van der Waals surface area (Å²) in [6, 6.07) is 7.17. The molecule has 0 saturated heterocycles. The van der Waals surface area contributed by atoms with Gasteiger partial charge in [-0.2, -0.15) is 0 Å². The van der Waals surface area contributed by atoms with Gasteiger partial charge in [0.15, 0.2) is 12.6 Å². The van der Waals surface area contributed by atoms with Gasteiger partial charge in [-0.25, -0.2) is 14.8 Å². The van der Waals surface area contributed by atoms with Crippen molar-refractivity contribution >= 4 is 53.1 Å². The summed E-state index contributed by atoms with van der Waals surface area (Å²) in [5, 5.41) is 7.29. The van der Waals surface area contributed by atoms with Gasteiger partial charge in [0.25, 0.3) is 5.91 Å². The summed E-state index contributed by atoms with van der Waals surface area (Å²) in [6.07, 6.45) is 0. The van der Waals surface area contributed by atoms with Crippen LogP contribution in [-0.4, -0.2) is 42.6 Å². The highest BCUT2D eigenvalue weighted by Gasteiger charge is 2.20. The van der Waals surface area contributed by atoms with E-state index in [2.05, 4.69) is 20.6 Å². The van der Waals surface area contributed by atoms with Gasteiger partial charge in [0.05, 0.1) is 24.9 Å². The highest BCUT2D eigenvalue weighted by molar-refractivity contribution is 14.0. The minimum Gasteiger partial charge on any atom is -0.484 e. The summed E-state index contributed by atoms with van der Waals surface area (Å²) < 4.78 is 10.4. The smallest absolute Gasteiger partial charge is 0.350 e. The molecule has 0 fully saturated rings. The van der Waals surface area contributed by atoms with Crippen LogP contribution in [0.25, 0.3) is 0 Å². The molecule has 1 amide bonds. The zero-order valence-corrected chi connectivity index (χ0v) is 21.8. The topological polar surface area (TPSA) is 128 Å². The first-order chi connectivity index (χ1) is 14.8. The predicted molar refractivity (Wildman–Crippen MR) is 136 cm³/mol. The molecule has 1 unspecified atom stereocenters. The van der Waals surface area contributed by atoms with Gasteiger partial charge in [0.2, 0.25) is 0 Å². The number of aryl methyl sites for hydroxylation is 1. The number of nitrogens with one attached hydrogen (secondary N) is 2. The lowest BCUT2D eigenvalue weighted by Gasteiger charge is -2.16. The monoisotopic (exact) mass is 575 g/mol. The van der Waals surface area contributed by atoms with Crippen LogP contribution in [0, 0.1) is 6.92 Å². The molecule has 0 aliphatic rings. The van der Waals surface area contributed by atoms with Crippen LogP contribution in [0.4, 0.5) is 0 Å². The number of guanidine groups is 1. The van der Waals surface area contributed by atoms with Crippen LogP contribution in [0.3, 0.4) is 0 Å². The van der Waals surface area contributed by atoms with Crippen molar-refractivity contribution in [2.45, 2.75) is 40.3 Å². The number of halogens is 1. The number of aromatic nitrogens is 1. The van der Waals surface area contributed by atoms with E-state index in [1.54, 1.807) is 19.9 Å². The summed E-state index contributed by atoms with van der Waals surface area (Å²) in [5.74, 6) is 0.293. The van der Waals surface area contributed by atoms with Crippen molar-refractivity contribution in [1.29, 1.82) is 0 Å². The summed E-state index contributed by atoms with van der Waals surface area (Å²) >= 11 is 1.31. The fourth-order valence-electron chi connectivity index (χ4n) is 2.63. The summed E-state index contributed by atoms with van der Waals surface area (Å²) in [4.78, 5) is 32.6. The summed E-state index contributed by atoms with van der Waals surface area (Å²) in [7, 11) is 0. The van der Waals surface area contributed by atoms with Gasteiger partial charge in [-0.05, 0) is 45.4 Å². The third-order valence-corrected chi connectivity index (χ3v) is 5.36. The summed E-state index contributed by atoms with van der Waals surface area (Å²) in [5.41, 5.74) is 6.69. The van der Waals surface area contributed by atoms with Crippen LogP contribution in [-0.2, 0) is 16.1 Å². The molecular weight excluding hydrogens is 545 g/mol. The minimum absolute atomic E-state index is 0. The fraction of sp³-hybridized carbons (Fsp3) is 0.429. The van der Waals surface area contributed by atoms with Crippen LogP contribution < -0.4 is 21.1 Å². The van der Waals surface area contributed by atoms with Gasteiger partial charge in [-0.15, -0.1) is 35.3 Å². The molecule has 0 aliphatic carbocycles. The largest absolute Gasteiger partial charge is 0.484 e. The molecule has 1 aromatic heterocycles. The maximum Gasteiger partial charge on any atom is 0.350 e. The van der Waals surface area contributed by atoms with E-state index < -0.39 is 5.91 Å². The van der Waals surface area contributed by atoms with Crippen molar-refractivity contribution in [2.75, 3.05) is 19.8 Å². The average molecular weight is 575 g/mol. The maximum absolute atomic E-state index is 12.1. The maximum atomic E-state index is 12.1. The minimum atomic E-state index is -0.528. The Morgan fingerprint density at radius 2 is 2.06 bits per heavy atom. The number of hydrogen-bond donors (Lipinski definition) is 3. The number of carbonyl (C=O) groups is 2. The van der Waals surface area contributed by atoms with Crippen molar-refractivity contribution in [3.05, 3.63) is 45.4 Å². The Bertz CT molecular complexity index is 935. The quantitative estimate of drug-likeness (QED) is 0.172. The van der Waals surface area contributed by atoms with Crippen LogP contribution in [0.15, 0.2) is 29.3 Å². The average Bonchev–Trinajstić information content (AvgIpc) is 3.13. The van der Waals surface area contributed by atoms with Crippen molar-refractivity contribution < 1.29 is 19.1 Å². The molecule has 2 rings (SSSR count). The van der Waals surface area contributed by atoms with Gasteiger partial charge in [-0.3, -0.25) is 4.79 Å². The Morgan fingerprint density at radius 3 is 2.72 bits per heavy atom. The lowest BCUT2D eigenvalue weighted by atomic mass is 10.2. The fourth-order valence-corrected chi connectivity index (χ4v) is 3.60. The molecule has 11 heteroatoms. The molecule has 0 radical (unpaired) electrons. The van der Waals surface area contributed by atoms with Gasteiger partial charge >= 0.3 is 5.97 Å². The molecule has 0 bridgehead atoms. The van der Waals surface area contributed by atoms with Gasteiger partial charge in [0.1, 0.15) is 15.6 Å². The third-order valence-electron chi connectivity index (χ3n) is 4.04. The van der Waals surface area contributed by atoms with Crippen molar-refractivity contribution in [3.8, 4) is 5.75 Å².